The summed E-state index contributed by atoms with van der Waals surface area (Å²) >= 11 is 3.41. The highest BCUT2D eigenvalue weighted by Gasteiger charge is 2.28. The van der Waals surface area contributed by atoms with E-state index in [1.165, 1.54) is 0 Å². The normalized spacial score (nSPS) is 10.5. The number of carbonyl (C=O) groups excluding carboxylic acids is 1. The van der Waals surface area contributed by atoms with Gasteiger partial charge in [-0.05, 0) is 38.1 Å². The molecule has 0 fully saturated rings. The summed E-state index contributed by atoms with van der Waals surface area (Å²) in [6.45, 7) is 3.67. The molecule has 0 unspecified atom stereocenters. The third-order valence-electron chi connectivity index (χ3n) is 3.19. The largest absolute Gasteiger partial charge is 0.313 e. The Morgan fingerprint density at radius 1 is 1.00 bits per heavy atom. The van der Waals surface area contributed by atoms with Gasteiger partial charge < -0.3 is 4.90 Å². The van der Waals surface area contributed by atoms with Gasteiger partial charge in [-0.2, -0.15) is 0 Å². The van der Waals surface area contributed by atoms with E-state index in [1.54, 1.807) is 11.9 Å². The Balaban J connectivity index is 2.36. The van der Waals surface area contributed by atoms with E-state index < -0.39 is 4.32 Å². The number of rotatable bonds is 2. The van der Waals surface area contributed by atoms with Crippen molar-refractivity contribution in [2.75, 3.05) is 11.9 Å². The Bertz CT molecular complexity index is 720. The molecule has 2 aromatic carbocycles. The molecule has 0 radical (unpaired) electrons. The molecule has 1 amide bonds. The van der Waals surface area contributed by atoms with E-state index in [9.17, 15) is 4.79 Å². The van der Waals surface area contributed by atoms with E-state index in [-0.39, 0.29) is 5.91 Å². The van der Waals surface area contributed by atoms with Crippen molar-refractivity contribution in [1.82, 2.24) is 0 Å². The van der Waals surface area contributed by atoms with Gasteiger partial charge in [0.25, 0.3) is 0 Å². The number of halogens is 1. The fourth-order valence-corrected chi connectivity index (χ4v) is 2.31. The van der Waals surface area contributed by atoms with E-state index in [2.05, 4.69) is 27.8 Å². The number of hydrogen-bond donors (Lipinski definition) is 0. The van der Waals surface area contributed by atoms with Gasteiger partial charge in [-0.1, -0.05) is 58.1 Å². The second-order valence-electron chi connectivity index (χ2n) is 5.47. The number of carbonyl (C=O) groups is 1. The summed E-state index contributed by atoms with van der Waals surface area (Å²) in [6.07, 6.45) is 0. The number of anilines is 1. The number of para-hydroxylation sites is 1. The molecule has 0 spiro atoms. The molecule has 3 heteroatoms. The Morgan fingerprint density at radius 3 is 2.23 bits per heavy atom. The lowest BCUT2D eigenvalue weighted by molar-refractivity contribution is -0.119. The SMILES string of the molecule is CN(C(=O)C(C)(C)Br)c1ccccc1C#Cc1ccccc1. The molecule has 0 aliphatic rings. The third-order valence-corrected chi connectivity index (χ3v) is 3.53. The zero-order chi connectivity index (χ0) is 16.2. The van der Waals surface area contributed by atoms with Gasteiger partial charge >= 0.3 is 0 Å². The van der Waals surface area contributed by atoms with Crippen molar-refractivity contribution in [2.24, 2.45) is 0 Å². The minimum atomic E-state index is -0.609. The first-order valence-corrected chi connectivity index (χ1v) is 7.82. The van der Waals surface area contributed by atoms with Gasteiger partial charge in [-0.25, -0.2) is 0 Å². The highest BCUT2D eigenvalue weighted by atomic mass is 79.9. The molecule has 0 aliphatic carbocycles. The molecule has 0 saturated heterocycles. The van der Waals surface area contributed by atoms with Crippen molar-refractivity contribution < 1.29 is 4.79 Å². The molecule has 22 heavy (non-hydrogen) atoms. The van der Waals surface area contributed by atoms with Gasteiger partial charge in [0.1, 0.15) is 0 Å². The Labute approximate surface area is 140 Å². The summed E-state index contributed by atoms with van der Waals surface area (Å²) in [4.78, 5) is 14.1. The van der Waals surface area contributed by atoms with Crippen LogP contribution in [0.1, 0.15) is 25.0 Å². The zero-order valence-electron chi connectivity index (χ0n) is 12.9. The molecule has 0 saturated carbocycles. The molecule has 2 rings (SSSR count). The summed E-state index contributed by atoms with van der Waals surface area (Å²) in [7, 11) is 1.77. The number of amides is 1. The highest BCUT2D eigenvalue weighted by molar-refractivity contribution is 9.10. The lowest BCUT2D eigenvalue weighted by atomic mass is 10.1. The van der Waals surface area contributed by atoms with Crippen LogP contribution in [0.5, 0.6) is 0 Å². The maximum Gasteiger partial charge on any atom is 0.243 e. The van der Waals surface area contributed by atoms with Crippen LogP contribution in [0.3, 0.4) is 0 Å². The summed E-state index contributed by atoms with van der Waals surface area (Å²) < 4.78 is -0.609. The predicted octanol–water partition coefficient (Wildman–Crippen LogP) is 4.22. The van der Waals surface area contributed by atoms with Crippen molar-refractivity contribution in [2.45, 2.75) is 18.2 Å². The van der Waals surface area contributed by atoms with E-state index in [0.717, 1.165) is 16.8 Å². The lowest BCUT2D eigenvalue weighted by Crippen LogP contribution is -2.39. The highest BCUT2D eigenvalue weighted by Crippen LogP contribution is 2.25. The second kappa shape index (κ2) is 6.81. The first-order chi connectivity index (χ1) is 10.4. The Morgan fingerprint density at radius 2 is 1.59 bits per heavy atom. The van der Waals surface area contributed by atoms with Crippen molar-refractivity contribution in [3.8, 4) is 11.8 Å². The van der Waals surface area contributed by atoms with Gasteiger partial charge in [-0.15, -0.1) is 0 Å². The lowest BCUT2D eigenvalue weighted by Gasteiger charge is -2.25. The van der Waals surface area contributed by atoms with Crippen LogP contribution in [-0.2, 0) is 4.79 Å². The van der Waals surface area contributed by atoms with Crippen LogP contribution in [0.25, 0.3) is 0 Å². The minimum absolute atomic E-state index is 0.0125. The molecule has 0 atom stereocenters. The van der Waals surface area contributed by atoms with E-state index in [0.29, 0.717) is 0 Å². The van der Waals surface area contributed by atoms with Crippen LogP contribution in [-0.4, -0.2) is 17.3 Å². The molecule has 0 N–H and O–H groups in total. The molecule has 0 heterocycles. The maximum absolute atomic E-state index is 12.4. The predicted molar refractivity (Wildman–Crippen MR) is 95.3 cm³/mol. The van der Waals surface area contributed by atoms with Gasteiger partial charge in [0.2, 0.25) is 5.91 Å². The number of nitrogens with zero attached hydrogens (tertiary/aromatic N) is 1. The average Bonchev–Trinajstić information content (AvgIpc) is 2.52. The molecule has 0 aliphatic heterocycles. The van der Waals surface area contributed by atoms with Gasteiger partial charge in [0, 0.05) is 18.2 Å². The topological polar surface area (TPSA) is 20.3 Å². The van der Waals surface area contributed by atoms with Crippen molar-refractivity contribution >= 4 is 27.5 Å². The molecular formula is C19H18BrNO. The standard InChI is InChI=1S/C19H18BrNO/c1-19(2,20)18(22)21(3)17-12-8-7-11-16(17)14-13-15-9-5-4-6-10-15/h4-12H,1-3H3. The average molecular weight is 356 g/mol. The van der Waals surface area contributed by atoms with Crippen molar-refractivity contribution in [1.29, 1.82) is 0 Å². The fraction of sp³-hybridized carbons (Fsp3) is 0.211. The molecule has 112 valence electrons. The summed E-state index contributed by atoms with van der Waals surface area (Å²) in [6, 6.07) is 17.5. The van der Waals surface area contributed by atoms with Gasteiger partial charge in [0.05, 0.1) is 10.0 Å². The number of hydrogen-bond acceptors (Lipinski definition) is 1. The van der Waals surface area contributed by atoms with Crippen LogP contribution in [0.15, 0.2) is 54.6 Å². The molecule has 0 bridgehead atoms. The molecular weight excluding hydrogens is 338 g/mol. The number of benzene rings is 2. The summed E-state index contributed by atoms with van der Waals surface area (Å²) in [5.74, 6) is 6.28. The first kappa shape index (κ1) is 16.3. The van der Waals surface area contributed by atoms with Crippen molar-refractivity contribution in [3.05, 3.63) is 65.7 Å². The van der Waals surface area contributed by atoms with Crippen LogP contribution in [0.2, 0.25) is 0 Å². The number of alkyl halides is 1. The fourth-order valence-electron chi connectivity index (χ4n) is 2.04. The van der Waals surface area contributed by atoms with Crippen LogP contribution < -0.4 is 4.90 Å². The summed E-state index contributed by atoms with van der Waals surface area (Å²) in [5, 5.41) is 0. The van der Waals surface area contributed by atoms with Crippen LogP contribution in [0.4, 0.5) is 5.69 Å². The molecule has 0 aromatic heterocycles. The van der Waals surface area contributed by atoms with Crippen molar-refractivity contribution in [3.63, 3.8) is 0 Å². The first-order valence-electron chi connectivity index (χ1n) is 7.03. The molecule has 2 nitrogen and oxygen atoms in total. The smallest absolute Gasteiger partial charge is 0.243 e. The zero-order valence-corrected chi connectivity index (χ0v) is 14.5. The van der Waals surface area contributed by atoms with Crippen LogP contribution >= 0.6 is 15.9 Å². The van der Waals surface area contributed by atoms with Gasteiger partial charge in [-0.3, -0.25) is 4.79 Å². The maximum atomic E-state index is 12.4. The molecule has 2 aromatic rings. The van der Waals surface area contributed by atoms with Crippen LogP contribution in [0, 0.1) is 11.8 Å². The Kier molecular flexibility index (Phi) is 5.05. The Hall–Kier alpha value is -2.05. The van der Waals surface area contributed by atoms with E-state index in [1.807, 2.05) is 68.4 Å². The minimum Gasteiger partial charge on any atom is -0.313 e. The van der Waals surface area contributed by atoms with E-state index in [4.69, 9.17) is 0 Å². The van der Waals surface area contributed by atoms with Gasteiger partial charge in [0.15, 0.2) is 0 Å². The quantitative estimate of drug-likeness (QED) is 0.583. The summed E-state index contributed by atoms with van der Waals surface area (Å²) in [5.41, 5.74) is 2.59. The van der Waals surface area contributed by atoms with E-state index >= 15 is 0 Å². The third kappa shape index (κ3) is 3.99. The monoisotopic (exact) mass is 355 g/mol. The second-order valence-corrected chi connectivity index (χ2v) is 7.45.